The van der Waals surface area contributed by atoms with E-state index in [-0.39, 0.29) is 11.8 Å². The van der Waals surface area contributed by atoms with Crippen molar-refractivity contribution in [2.75, 3.05) is 13.1 Å². The maximum atomic E-state index is 12.8. The van der Waals surface area contributed by atoms with Gasteiger partial charge in [-0.05, 0) is 42.3 Å². The smallest absolute Gasteiger partial charge is 0.335 e. The minimum atomic E-state index is -0.931. The van der Waals surface area contributed by atoms with E-state index in [1.165, 1.54) is 0 Å². The Labute approximate surface area is 155 Å². The number of amides is 1. The fourth-order valence-corrected chi connectivity index (χ4v) is 3.54. The van der Waals surface area contributed by atoms with Gasteiger partial charge in [-0.25, -0.2) is 4.79 Å². The van der Waals surface area contributed by atoms with E-state index in [1.807, 2.05) is 24.3 Å². The SMILES string of the molecule is O=C(O)c1ccccc1[C@H]1CCN(C(=O)c2ccc(-n3cnnc3)cc2)C1. The molecule has 1 atom stereocenters. The van der Waals surface area contributed by atoms with Crippen molar-refractivity contribution in [1.29, 1.82) is 0 Å². The third-order valence-corrected chi connectivity index (χ3v) is 4.94. The molecule has 1 fully saturated rings. The Bertz CT molecular complexity index is 967. The molecule has 0 bridgehead atoms. The van der Waals surface area contributed by atoms with Crippen LogP contribution in [-0.4, -0.2) is 49.7 Å². The summed E-state index contributed by atoms with van der Waals surface area (Å²) in [5, 5.41) is 16.9. The summed E-state index contributed by atoms with van der Waals surface area (Å²) in [5.41, 5.74) is 2.60. The van der Waals surface area contributed by atoms with Gasteiger partial charge in [0.15, 0.2) is 0 Å². The van der Waals surface area contributed by atoms with Crippen molar-refractivity contribution >= 4 is 11.9 Å². The average Bonchev–Trinajstić information content (AvgIpc) is 3.40. The number of aromatic nitrogens is 3. The van der Waals surface area contributed by atoms with Gasteiger partial charge in [0.25, 0.3) is 5.91 Å². The van der Waals surface area contributed by atoms with Gasteiger partial charge < -0.3 is 10.0 Å². The zero-order valence-corrected chi connectivity index (χ0v) is 14.5. The van der Waals surface area contributed by atoms with Gasteiger partial charge in [0.1, 0.15) is 12.7 Å². The second-order valence-corrected chi connectivity index (χ2v) is 6.55. The van der Waals surface area contributed by atoms with E-state index in [1.54, 1.807) is 46.4 Å². The number of hydrogen-bond acceptors (Lipinski definition) is 4. The van der Waals surface area contributed by atoms with Gasteiger partial charge in [-0.3, -0.25) is 9.36 Å². The van der Waals surface area contributed by atoms with Crippen LogP contribution in [0.15, 0.2) is 61.2 Å². The van der Waals surface area contributed by atoms with Crippen molar-refractivity contribution in [2.45, 2.75) is 12.3 Å². The van der Waals surface area contributed by atoms with Gasteiger partial charge in [0.05, 0.1) is 5.56 Å². The van der Waals surface area contributed by atoms with E-state index in [2.05, 4.69) is 10.2 Å². The molecule has 0 aliphatic carbocycles. The standard InChI is InChI=1S/C20H18N4O3/c25-19(14-5-7-16(8-6-14)24-12-21-22-13-24)23-10-9-15(11-23)17-3-1-2-4-18(17)20(26)27/h1-8,12-13,15H,9-11H2,(H,26,27)/t15-/m0/s1. The predicted octanol–water partition coefficient (Wildman–Crippen LogP) is 2.60. The largest absolute Gasteiger partial charge is 0.478 e. The lowest BCUT2D eigenvalue weighted by Gasteiger charge is -2.18. The highest BCUT2D eigenvalue weighted by Gasteiger charge is 2.30. The van der Waals surface area contributed by atoms with E-state index in [9.17, 15) is 14.7 Å². The Morgan fingerprint density at radius 1 is 1.00 bits per heavy atom. The Kier molecular flexibility index (Phi) is 4.42. The summed E-state index contributed by atoms with van der Waals surface area (Å²) in [4.78, 5) is 26.1. The Hall–Kier alpha value is -3.48. The van der Waals surface area contributed by atoms with E-state index in [0.29, 0.717) is 24.2 Å². The van der Waals surface area contributed by atoms with Gasteiger partial charge in [-0.2, -0.15) is 0 Å². The maximum absolute atomic E-state index is 12.8. The lowest BCUT2D eigenvalue weighted by molar-refractivity contribution is 0.0695. The topological polar surface area (TPSA) is 88.3 Å². The van der Waals surface area contributed by atoms with Crippen LogP contribution >= 0.6 is 0 Å². The lowest BCUT2D eigenvalue weighted by Crippen LogP contribution is -2.28. The second-order valence-electron chi connectivity index (χ2n) is 6.55. The Morgan fingerprint density at radius 2 is 1.70 bits per heavy atom. The third-order valence-electron chi connectivity index (χ3n) is 4.94. The van der Waals surface area contributed by atoms with Gasteiger partial charge in [0.2, 0.25) is 0 Å². The normalized spacial score (nSPS) is 16.4. The number of likely N-dealkylation sites (tertiary alicyclic amines) is 1. The predicted molar refractivity (Wildman–Crippen MR) is 98.0 cm³/mol. The van der Waals surface area contributed by atoms with E-state index < -0.39 is 5.97 Å². The highest BCUT2D eigenvalue weighted by molar-refractivity contribution is 5.95. The van der Waals surface area contributed by atoms with Gasteiger partial charge in [0, 0.05) is 30.3 Å². The van der Waals surface area contributed by atoms with Crippen molar-refractivity contribution in [3.8, 4) is 5.69 Å². The molecule has 0 spiro atoms. The van der Waals surface area contributed by atoms with Crippen LogP contribution in [-0.2, 0) is 0 Å². The molecule has 0 radical (unpaired) electrons. The fraction of sp³-hybridized carbons (Fsp3) is 0.200. The number of carbonyl (C=O) groups is 2. The molecule has 1 amide bonds. The summed E-state index contributed by atoms with van der Waals surface area (Å²) >= 11 is 0. The summed E-state index contributed by atoms with van der Waals surface area (Å²) < 4.78 is 1.77. The number of benzene rings is 2. The average molecular weight is 362 g/mol. The third kappa shape index (κ3) is 3.31. The second kappa shape index (κ2) is 7.03. The van der Waals surface area contributed by atoms with Crippen molar-refractivity contribution in [3.63, 3.8) is 0 Å². The molecule has 136 valence electrons. The number of carbonyl (C=O) groups excluding carboxylic acids is 1. The Morgan fingerprint density at radius 3 is 2.41 bits per heavy atom. The highest BCUT2D eigenvalue weighted by Crippen LogP contribution is 2.30. The number of rotatable bonds is 4. The fourth-order valence-electron chi connectivity index (χ4n) is 3.54. The molecule has 7 nitrogen and oxygen atoms in total. The number of carboxylic acid groups (broad SMARTS) is 1. The molecule has 1 N–H and O–H groups in total. The lowest BCUT2D eigenvalue weighted by atomic mass is 9.93. The minimum Gasteiger partial charge on any atom is -0.478 e. The van der Waals surface area contributed by atoms with Crippen LogP contribution in [0, 0.1) is 0 Å². The quantitative estimate of drug-likeness (QED) is 0.771. The van der Waals surface area contributed by atoms with Gasteiger partial charge in [-0.1, -0.05) is 18.2 Å². The molecule has 3 aromatic rings. The first-order valence-electron chi connectivity index (χ1n) is 8.70. The molecule has 1 aliphatic heterocycles. The number of aromatic carboxylic acids is 1. The first-order valence-corrected chi connectivity index (χ1v) is 8.70. The molecule has 27 heavy (non-hydrogen) atoms. The van der Waals surface area contributed by atoms with Crippen LogP contribution in [0.1, 0.15) is 38.6 Å². The van der Waals surface area contributed by atoms with Crippen LogP contribution in [0.4, 0.5) is 0 Å². The van der Waals surface area contributed by atoms with E-state index >= 15 is 0 Å². The zero-order valence-electron chi connectivity index (χ0n) is 14.5. The first-order chi connectivity index (χ1) is 13.1. The summed E-state index contributed by atoms with van der Waals surface area (Å²) in [6.07, 6.45) is 3.96. The monoisotopic (exact) mass is 362 g/mol. The molecule has 1 aliphatic rings. The molecule has 0 saturated carbocycles. The van der Waals surface area contributed by atoms with Gasteiger partial charge in [-0.15, -0.1) is 10.2 Å². The maximum Gasteiger partial charge on any atom is 0.335 e. The molecule has 2 aromatic carbocycles. The van der Waals surface area contributed by atoms with Crippen LogP contribution in [0.5, 0.6) is 0 Å². The van der Waals surface area contributed by atoms with Gasteiger partial charge >= 0.3 is 5.97 Å². The van der Waals surface area contributed by atoms with Crippen molar-refractivity contribution in [2.24, 2.45) is 0 Å². The summed E-state index contributed by atoms with van der Waals surface area (Å²) in [6, 6.07) is 14.3. The van der Waals surface area contributed by atoms with Crippen molar-refractivity contribution in [1.82, 2.24) is 19.7 Å². The zero-order chi connectivity index (χ0) is 18.8. The number of carboxylic acids is 1. The molecular formula is C20H18N4O3. The van der Waals surface area contributed by atoms with E-state index in [0.717, 1.165) is 17.7 Å². The van der Waals surface area contributed by atoms with Crippen LogP contribution in [0.2, 0.25) is 0 Å². The van der Waals surface area contributed by atoms with E-state index in [4.69, 9.17) is 0 Å². The molecule has 1 aromatic heterocycles. The van der Waals surface area contributed by atoms with Crippen LogP contribution < -0.4 is 0 Å². The summed E-state index contributed by atoms with van der Waals surface area (Å²) in [5.74, 6) is -0.932. The minimum absolute atomic E-state index is 0.0394. The molecule has 0 unspecified atom stereocenters. The first kappa shape index (κ1) is 17.0. The van der Waals surface area contributed by atoms with Crippen molar-refractivity contribution in [3.05, 3.63) is 77.9 Å². The number of hydrogen-bond donors (Lipinski definition) is 1. The molecule has 1 saturated heterocycles. The van der Waals surface area contributed by atoms with Crippen LogP contribution in [0.25, 0.3) is 5.69 Å². The van der Waals surface area contributed by atoms with Crippen molar-refractivity contribution < 1.29 is 14.7 Å². The summed E-state index contributed by atoms with van der Waals surface area (Å²) in [6.45, 7) is 1.14. The molecule has 2 heterocycles. The summed E-state index contributed by atoms with van der Waals surface area (Å²) in [7, 11) is 0. The Balaban J connectivity index is 1.49. The molecule has 4 rings (SSSR count). The molecular weight excluding hydrogens is 344 g/mol. The number of nitrogens with zero attached hydrogens (tertiary/aromatic N) is 4. The molecule has 7 heteroatoms. The highest BCUT2D eigenvalue weighted by atomic mass is 16.4. The van der Waals surface area contributed by atoms with Crippen LogP contribution in [0.3, 0.4) is 0 Å².